The van der Waals surface area contributed by atoms with E-state index >= 15 is 0 Å². The van der Waals surface area contributed by atoms with Crippen LogP contribution in [0.1, 0.15) is 85.1 Å². The van der Waals surface area contributed by atoms with Crippen molar-refractivity contribution in [2.24, 2.45) is 0 Å². The number of aromatic hydroxyl groups is 1. The van der Waals surface area contributed by atoms with Gasteiger partial charge in [-0.1, -0.05) is 41.5 Å². The van der Waals surface area contributed by atoms with Crippen LogP contribution in [0.15, 0.2) is 28.4 Å². The Hall–Kier alpha value is -1.55. The predicted molar refractivity (Wildman–Crippen MR) is 137 cm³/mol. The fourth-order valence-corrected chi connectivity index (χ4v) is 6.63. The molecule has 1 aliphatic rings. The van der Waals surface area contributed by atoms with Crippen molar-refractivity contribution in [3.63, 3.8) is 0 Å². The smallest absolute Gasteiger partial charge is 0.276 e. The first-order chi connectivity index (χ1) is 15.4. The summed E-state index contributed by atoms with van der Waals surface area (Å²) in [6, 6.07) is 4.17. The van der Waals surface area contributed by atoms with Gasteiger partial charge >= 0.3 is 0 Å². The molecule has 0 amide bonds. The standard InChI is InChI=1S/C25H39N3O4S2/c1-23(2,3)18-13-17(14-19(21(18)29)24(4,5)6)33-16-9-11-28(12-10-16)34(31,32)22-26-15-20(27-22)25(7,8)30/h13-16,29-30H,9-12H2,1-8H3,(H,26,27). The second-order valence-corrected chi connectivity index (χ2v) is 15.0. The summed E-state index contributed by atoms with van der Waals surface area (Å²) in [7, 11) is -3.74. The van der Waals surface area contributed by atoms with Crippen LogP contribution in [0, 0.1) is 0 Å². The lowest BCUT2D eigenvalue weighted by atomic mass is 9.79. The summed E-state index contributed by atoms with van der Waals surface area (Å²) >= 11 is 1.76. The SMILES string of the molecule is CC(C)(C)c1cc(SC2CCN(S(=O)(=O)c3ncc(C(C)(C)O)[nH]3)CC2)cc(C(C)(C)C)c1O. The van der Waals surface area contributed by atoms with Gasteiger partial charge in [0.1, 0.15) is 11.4 Å². The van der Waals surface area contributed by atoms with Gasteiger partial charge in [0.05, 0.1) is 11.9 Å². The first kappa shape index (κ1) is 27.0. The summed E-state index contributed by atoms with van der Waals surface area (Å²) in [6.07, 6.45) is 2.82. The fourth-order valence-electron chi connectivity index (χ4n) is 4.07. The number of H-pyrrole nitrogens is 1. The van der Waals surface area contributed by atoms with Gasteiger partial charge in [0.2, 0.25) is 5.16 Å². The maximum atomic E-state index is 13.1. The minimum absolute atomic E-state index is 0.126. The Bertz CT molecular complexity index is 1090. The van der Waals surface area contributed by atoms with Gasteiger partial charge in [0.15, 0.2) is 0 Å². The molecule has 0 atom stereocenters. The second-order valence-electron chi connectivity index (χ2n) is 11.7. The molecule has 2 heterocycles. The molecule has 190 valence electrons. The Balaban J connectivity index is 1.76. The van der Waals surface area contributed by atoms with E-state index in [1.807, 2.05) is 0 Å². The van der Waals surface area contributed by atoms with Gasteiger partial charge in [-0.3, -0.25) is 0 Å². The van der Waals surface area contributed by atoms with E-state index in [4.69, 9.17) is 0 Å². The Kier molecular flexibility index (Phi) is 7.28. The summed E-state index contributed by atoms with van der Waals surface area (Å²) in [6.45, 7) is 16.6. The number of sulfonamides is 1. The number of thioether (sulfide) groups is 1. The van der Waals surface area contributed by atoms with Gasteiger partial charge in [-0.05, 0) is 49.7 Å². The van der Waals surface area contributed by atoms with Crippen LogP contribution in [0.2, 0.25) is 0 Å². The van der Waals surface area contributed by atoms with Gasteiger partial charge < -0.3 is 15.2 Å². The lowest BCUT2D eigenvalue weighted by Gasteiger charge is -2.31. The Morgan fingerprint density at radius 3 is 1.91 bits per heavy atom. The van der Waals surface area contributed by atoms with E-state index in [0.29, 0.717) is 24.5 Å². The highest BCUT2D eigenvalue weighted by Gasteiger charge is 2.34. The highest BCUT2D eigenvalue weighted by molar-refractivity contribution is 8.00. The van der Waals surface area contributed by atoms with E-state index in [9.17, 15) is 18.6 Å². The van der Waals surface area contributed by atoms with Crippen LogP contribution in [0.4, 0.5) is 0 Å². The maximum Gasteiger partial charge on any atom is 0.276 e. The lowest BCUT2D eigenvalue weighted by Crippen LogP contribution is -2.39. The third kappa shape index (κ3) is 5.80. The number of hydrogen-bond acceptors (Lipinski definition) is 6. The minimum atomic E-state index is -3.74. The van der Waals surface area contributed by atoms with E-state index in [0.717, 1.165) is 28.9 Å². The fraction of sp³-hybridized carbons (Fsp3) is 0.640. The van der Waals surface area contributed by atoms with Crippen LogP contribution in [-0.4, -0.2) is 51.2 Å². The molecule has 0 spiro atoms. The molecule has 1 fully saturated rings. The molecule has 1 aliphatic heterocycles. The average Bonchev–Trinajstić information content (AvgIpc) is 3.19. The van der Waals surface area contributed by atoms with Crippen molar-refractivity contribution in [2.75, 3.05) is 13.1 Å². The zero-order valence-corrected chi connectivity index (χ0v) is 23.2. The third-order valence-corrected chi connectivity index (χ3v) is 9.25. The molecule has 2 aromatic rings. The Labute approximate surface area is 208 Å². The Morgan fingerprint density at radius 1 is 1.00 bits per heavy atom. The number of phenolic OH excluding ortho intramolecular Hbond substituents is 1. The van der Waals surface area contributed by atoms with Gasteiger partial charge in [-0.2, -0.15) is 4.31 Å². The number of hydrogen-bond donors (Lipinski definition) is 3. The van der Waals surface area contributed by atoms with E-state index in [1.165, 1.54) is 10.5 Å². The van der Waals surface area contributed by atoms with E-state index in [-0.39, 0.29) is 21.2 Å². The summed E-state index contributed by atoms with van der Waals surface area (Å²) in [5.41, 5.74) is 0.664. The van der Waals surface area contributed by atoms with Crippen molar-refractivity contribution in [3.05, 3.63) is 35.2 Å². The molecule has 0 saturated carbocycles. The molecule has 1 aromatic carbocycles. The molecule has 7 nitrogen and oxygen atoms in total. The zero-order valence-electron chi connectivity index (χ0n) is 21.6. The van der Waals surface area contributed by atoms with E-state index in [1.54, 1.807) is 25.6 Å². The van der Waals surface area contributed by atoms with E-state index < -0.39 is 15.6 Å². The number of rotatable bonds is 5. The molecule has 9 heteroatoms. The number of aromatic amines is 1. The number of benzene rings is 1. The van der Waals surface area contributed by atoms with Gasteiger partial charge in [-0.25, -0.2) is 13.4 Å². The molecule has 0 unspecified atom stereocenters. The van der Waals surface area contributed by atoms with Gasteiger partial charge in [-0.15, -0.1) is 11.8 Å². The van der Waals surface area contributed by atoms with Crippen molar-refractivity contribution in [1.29, 1.82) is 0 Å². The number of imidazole rings is 1. The summed E-state index contributed by atoms with van der Waals surface area (Å²) < 4.78 is 27.6. The number of piperidine rings is 1. The van der Waals surface area contributed by atoms with Gasteiger partial charge in [0.25, 0.3) is 10.0 Å². The van der Waals surface area contributed by atoms with Crippen molar-refractivity contribution < 1.29 is 18.6 Å². The van der Waals surface area contributed by atoms with Crippen LogP contribution in [0.3, 0.4) is 0 Å². The third-order valence-electron chi connectivity index (χ3n) is 6.20. The summed E-state index contributed by atoms with van der Waals surface area (Å²) in [5.74, 6) is 0.370. The molecule has 34 heavy (non-hydrogen) atoms. The quantitative estimate of drug-likeness (QED) is 0.530. The monoisotopic (exact) mass is 509 g/mol. The lowest BCUT2D eigenvalue weighted by molar-refractivity contribution is 0.0739. The van der Waals surface area contributed by atoms with Gasteiger partial charge in [0, 0.05) is 34.4 Å². The predicted octanol–water partition coefficient (Wildman–Crippen LogP) is 4.88. The molecule has 0 radical (unpaired) electrons. The number of nitrogens with one attached hydrogen (secondary N) is 1. The summed E-state index contributed by atoms with van der Waals surface area (Å²) in [4.78, 5) is 7.89. The first-order valence-electron chi connectivity index (χ1n) is 11.7. The second kappa shape index (κ2) is 9.15. The van der Waals surface area contributed by atoms with Crippen LogP contribution < -0.4 is 0 Å². The Morgan fingerprint density at radius 2 is 1.50 bits per heavy atom. The molecule has 1 saturated heterocycles. The highest BCUT2D eigenvalue weighted by atomic mass is 32.2. The van der Waals surface area contributed by atoms with E-state index in [2.05, 4.69) is 63.6 Å². The van der Waals surface area contributed by atoms with Crippen LogP contribution in [0.5, 0.6) is 5.75 Å². The maximum absolute atomic E-state index is 13.1. The molecular weight excluding hydrogens is 470 g/mol. The van der Waals surface area contributed by atoms with Crippen LogP contribution in [-0.2, 0) is 26.5 Å². The summed E-state index contributed by atoms with van der Waals surface area (Å²) in [5, 5.41) is 21.2. The molecule has 0 bridgehead atoms. The van der Waals surface area contributed by atoms with Crippen molar-refractivity contribution in [1.82, 2.24) is 14.3 Å². The average molecular weight is 510 g/mol. The first-order valence-corrected chi connectivity index (χ1v) is 14.1. The number of aliphatic hydroxyl groups is 1. The van der Waals surface area contributed by atoms with Crippen LogP contribution >= 0.6 is 11.8 Å². The zero-order chi connectivity index (χ0) is 25.7. The van der Waals surface area contributed by atoms with Crippen LogP contribution in [0.25, 0.3) is 0 Å². The van der Waals surface area contributed by atoms with Crippen molar-refractivity contribution in [2.45, 2.75) is 100.0 Å². The minimum Gasteiger partial charge on any atom is -0.507 e. The van der Waals surface area contributed by atoms with Crippen molar-refractivity contribution >= 4 is 21.8 Å². The number of nitrogens with zero attached hydrogens (tertiary/aromatic N) is 2. The molecule has 3 N–H and O–H groups in total. The number of phenols is 1. The highest BCUT2D eigenvalue weighted by Crippen LogP contribution is 2.43. The topological polar surface area (TPSA) is 107 Å². The molecule has 0 aliphatic carbocycles. The van der Waals surface area contributed by atoms with Crippen molar-refractivity contribution in [3.8, 4) is 5.75 Å². The number of aromatic nitrogens is 2. The molecule has 3 rings (SSSR count). The molecule has 1 aromatic heterocycles. The largest absolute Gasteiger partial charge is 0.507 e. The normalized spacial score (nSPS) is 17.3. The molecular formula is C25H39N3O4S2.